The predicted molar refractivity (Wildman–Crippen MR) is 77.0 cm³/mol. The van der Waals surface area contributed by atoms with Crippen molar-refractivity contribution in [3.8, 4) is 0 Å². The van der Waals surface area contributed by atoms with Gasteiger partial charge in [0.15, 0.2) is 5.69 Å². The highest BCUT2D eigenvalue weighted by Gasteiger charge is 2.36. The number of carboxylic acid groups (broad SMARTS) is 1. The van der Waals surface area contributed by atoms with Gasteiger partial charge in [0, 0.05) is 18.0 Å². The summed E-state index contributed by atoms with van der Waals surface area (Å²) in [7, 11) is 0. The first-order valence-electron chi connectivity index (χ1n) is 7.05. The fraction of sp³-hybridized carbons (Fsp3) is 0.400. The Balaban J connectivity index is 1.89. The lowest BCUT2D eigenvalue weighted by molar-refractivity contribution is -0.141. The normalized spacial score (nSPS) is 15.9. The Morgan fingerprint density at radius 3 is 2.81 bits per heavy atom. The maximum atomic E-state index is 12.7. The van der Waals surface area contributed by atoms with Crippen molar-refractivity contribution < 1.29 is 14.7 Å². The number of amides is 1. The molecule has 1 atom stereocenters. The van der Waals surface area contributed by atoms with Gasteiger partial charge in [-0.05, 0) is 18.9 Å². The number of carboxylic acids is 1. The van der Waals surface area contributed by atoms with Gasteiger partial charge in [0.05, 0.1) is 11.4 Å². The number of H-pyrrole nitrogens is 1. The van der Waals surface area contributed by atoms with E-state index in [1.165, 1.54) is 0 Å². The molecular formula is C15H17N3O3. The fourth-order valence-electron chi connectivity index (χ4n) is 2.42. The van der Waals surface area contributed by atoms with Crippen LogP contribution in [0.1, 0.15) is 30.3 Å². The molecule has 0 spiro atoms. The van der Waals surface area contributed by atoms with Crippen LogP contribution < -0.4 is 0 Å². The largest absolute Gasteiger partial charge is 0.481 e. The Hall–Kier alpha value is -2.37. The molecule has 1 heterocycles. The first-order chi connectivity index (χ1) is 10.1. The molecule has 1 aromatic carbocycles. The van der Waals surface area contributed by atoms with E-state index in [2.05, 4.69) is 10.2 Å². The van der Waals surface area contributed by atoms with Crippen molar-refractivity contribution in [1.82, 2.24) is 15.1 Å². The van der Waals surface area contributed by atoms with Gasteiger partial charge in [0.25, 0.3) is 5.91 Å². The number of hydrogen-bond donors (Lipinski definition) is 2. The summed E-state index contributed by atoms with van der Waals surface area (Å²) in [6.45, 7) is 1.84. The van der Waals surface area contributed by atoms with E-state index in [0.717, 1.165) is 23.7 Å². The number of hydrogen-bond acceptors (Lipinski definition) is 3. The maximum absolute atomic E-state index is 12.7. The van der Waals surface area contributed by atoms with E-state index in [-0.39, 0.29) is 18.5 Å². The van der Waals surface area contributed by atoms with Crippen molar-refractivity contribution >= 4 is 22.8 Å². The molecule has 110 valence electrons. The van der Waals surface area contributed by atoms with E-state index in [0.29, 0.717) is 5.69 Å². The molecule has 0 saturated heterocycles. The topological polar surface area (TPSA) is 86.3 Å². The SMILES string of the molecule is C[C@@H](CN(C(=O)c1n[nH]c2ccccc12)C1CC1)C(=O)O. The van der Waals surface area contributed by atoms with Gasteiger partial charge in [-0.15, -0.1) is 0 Å². The Kier molecular flexibility index (Phi) is 3.37. The molecule has 1 aliphatic carbocycles. The zero-order valence-electron chi connectivity index (χ0n) is 11.7. The lowest BCUT2D eigenvalue weighted by atomic mass is 10.1. The summed E-state index contributed by atoms with van der Waals surface area (Å²) in [5.74, 6) is -1.66. The predicted octanol–water partition coefficient (Wildman–Crippen LogP) is 1.89. The Morgan fingerprint density at radius 1 is 1.43 bits per heavy atom. The Morgan fingerprint density at radius 2 is 2.14 bits per heavy atom. The Labute approximate surface area is 121 Å². The van der Waals surface area contributed by atoms with Gasteiger partial charge in [-0.3, -0.25) is 14.7 Å². The summed E-state index contributed by atoms with van der Waals surface area (Å²) >= 11 is 0. The van der Waals surface area contributed by atoms with Gasteiger partial charge in [0.1, 0.15) is 0 Å². The number of aromatic nitrogens is 2. The second-order valence-electron chi connectivity index (χ2n) is 5.55. The third-order valence-corrected chi connectivity index (χ3v) is 3.81. The van der Waals surface area contributed by atoms with Crippen molar-refractivity contribution in [3.05, 3.63) is 30.0 Å². The van der Waals surface area contributed by atoms with Gasteiger partial charge >= 0.3 is 5.97 Å². The molecule has 1 amide bonds. The lowest BCUT2D eigenvalue weighted by Crippen LogP contribution is -2.38. The lowest BCUT2D eigenvalue weighted by Gasteiger charge is -2.23. The molecule has 21 heavy (non-hydrogen) atoms. The summed E-state index contributed by atoms with van der Waals surface area (Å²) < 4.78 is 0. The molecule has 0 aliphatic heterocycles. The van der Waals surface area contributed by atoms with Crippen molar-refractivity contribution in [2.24, 2.45) is 5.92 Å². The summed E-state index contributed by atoms with van der Waals surface area (Å²) in [4.78, 5) is 25.4. The minimum absolute atomic E-state index is 0.148. The number of carbonyl (C=O) groups excluding carboxylic acids is 1. The number of nitrogens with one attached hydrogen (secondary N) is 1. The monoisotopic (exact) mass is 287 g/mol. The number of nitrogens with zero attached hydrogens (tertiary/aromatic N) is 2. The van der Waals surface area contributed by atoms with E-state index in [9.17, 15) is 9.59 Å². The van der Waals surface area contributed by atoms with E-state index < -0.39 is 11.9 Å². The molecule has 1 saturated carbocycles. The minimum atomic E-state index is -0.889. The average molecular weight is 287 g/mol. The zero-order chi connectivity index (χ0) is 15.0. The van der Waals surface area contributed by atoms with Crippen LogP contribution in [0.25, 0.3) is 10.9 Å². The number of para-hydroxylation sites is 1. The van der Waals surface area contributed by atoms with Crippen molar-refractivity contribution in [1.29, 1.82) is 0 Å². The highest BCUT2D eigenvalue weighted by atomic mass is 16.4. The van der Waals surface area contributed by atoms with Gasteiger partial charge in [-0.1, -0.05) is 25.1 Å². The van der Waals surface area contributed by atoms with Gasteiger partial charge in [-0.25, -0.2) is 0 Å². The van der Waals surface area contributed by atoms with Crippen LogP contribution in [0, 0.1) is 5.92 Å². The van der Waals surface area contributed by atoms with Crippen LogP contribution >= 0.6 is 0 Å². The second-order valence-corrected chi connectivity index (χ2v) is 5.55. The smallest absolute Gasteiger partial charge is 0.308 e. The van der Waals surface area contributed by atoms with Crippen LogP contribution in [0.2, 0.25) is 0 Å². The van der Waals surface area contributed by atoms with E-state index >= 15 is 0 Å². The van der Waals surface area contributed by atoms with Crippen molar-refractivity contribution in [3.63, 3.8) is 0 Å². The number of aromatic amines is 1. The number of carbonyl (C=O) groups is 2. The van der Waals surface area contributed by atoms with Gasteiger partial charge in [0.2, 0.25) is 0 Å². The molecule has 2 aromatic rings. The van der Waals surface area contributed by atoms with Crippen LogP contribution in [0.3, 0.4) is 0 Å². The maximum Gasteiger partial charge on any atom is 0.308 e. The summed E-state index contributed by atoms with van der Waals surface area (Å²) in [5.41, 5.74) is 1.18. The molecule has 3 rings (SSSR count). The number of benzene rings is 1. The van der Waals surface area contributed by atoms with E-state index in [4.69, 9.17) is 5.11 Å². The van der Waals surface area contributed by atoms with Crippen LogP contribution in [0.5, 0.6) is 0 Å². The van der Waals surface area contributed by atoms with Crippen LogP contribution in [0.4, 0.5) is 0 Å². The van der Waals surface area contributed by atoms with Crippen LogP contribution in [-0.4, -0.2) is 44.7 Å². The van der Waals surface area contributed by atoms with Gasteiger partial charge < -0.3 is 10.0 Å². The first-order valence-corrected chi connectivity index (χ1v) is 7.05. The highest BCUT2D eigenvalue weighted by Crippen LogP contribution is 2.30. The van der Waals surface area contributed by atoms with Crippen LogP contribution in [0.15, 0.2) is 24.3 Å². The average Bonchev–Trinajstić information content (AvgIpc) is 3.22. The minimum Gasteiger partial charge on any atom is -0.481 e. The molecule has 0 bridgehead atoms. The standard InChI is InChI=1S/C15H17N3O3/c1-9(15(20)21)8-18(10-6-7-10)14(19)13-11-4-2-3-5-12(11)16-17-13/h2-5,9-10H,6-8H2,1H3,(H,16,17)(H,20,21)/t9-/m0/s1. The number of aliphatic carboxylic acids is 1. The molecule has 6 heteroatoms. The second kappa shape index (κ2) is 5.20. The van der Waals surface area contributed by atoms with Crippen LogP contribution in [-0.2, 0) is 4.79 Å². The van der Waals surface area contributed by atoms with E-state index in [1.807, 2.05) is 24.3 Å². The third kappa shape index (κ3) is 2.61. The molecular weight excluding hydrogens is 270 g/mol. The molecule has 1 aliphatic rings. The first kappa shape index (κ1) is 13.6. The molecule has 1 fully saturated rings. The molecule has 0 unspecified atom stereocenters. The van der Waals surface area contributed by atoms with Crippen molar-refractivity contribution in [2.45, 2.75) is 25.8 Å². The number of rotatable bonds is 5. The van der Waals surface area contributed by atoms with Crippen molar-refractivity contribution in [2.75, 3.05) is 6.54 Å². The highest BCUT2D eigenvalue weighted by molar-refractivity contribution is 6.04. The fourth-order valence-corrected chi connectivity index (χ4v) is 2.42. The molecule has 2 N–H and O–H groups in total. The van der Waals surface area contributed by atoms with E-state index in [1.54, 1.807) is 11.8 Å². The zero-order valence-corrected chi connectivity index (χ0v) is 11.7. The Bertz CT molecular complexity index is 690. The summed E-state index contributed by atoms with van der Waals surface area (Å²) in [5, 5.41) is 16.8. The third-order valence-electron chi connectivity index (χ3n) is 3.81. The molecule has 0 radical (unpaired) electrons. The molecule has 6 nitrogen and oxygen atoms in total. The summed E-state index contributed by atoms with van der Waals surface area (Å²) in [6.07, 6.45) is 1.86. The number of fused-ring (bicyclic) bond motifs is 1. The molecule has 1 aromatic heterocycles. The van der Waals surface area contributed by atoms with Gasteiger partial charge in [-0.2, -0.15) is 5.10 Å². The quantitative estimate of drug-likeness (QED) is 0.879. The summed E-state index contributed by atoms with van der Waals surface area (Å²) in [6, 6.07) is 7.59.